The normalized spacial score (nSPS) is 19.9. The molecule has 1 fully saturated rings. The summed E-state index contributed by atoms with van der Waals surface area (Å²) in [6, 6.07) is 4.04. The monoisotopic (exact) mass is 297 g/mol. The quantitative estimate of drug-likeness (QED) is 0.745. The second kappa shape index (κ2) is 6.53. The largest absolute Gasteiger partial charge is 0.488 e. The molecule has 0 aromatic heterocycles. The van der Waals surface area contributed by atoms with Crippen molar-refractivity contribution in [1.82, 2.24) is 0 Å². The SMILES string of the molecule is COCCOc1ccc(NC(=O)C2CC2C(=O)O)cc1F. The van der Waals surface area contributed by atoms with Crippen molar-refractivity contribution >= 4 is 17.6 Å². The molecule has 0 radical (unpaired) electrons. The van der Waals surface area contributed by atoms with Crippen LogP contribution in [-0.4, -0.2) is 37.3 Å². The van der Waals surface area contributed by atoms with Crippen molar-refractivity contribution in [3.8, 4) is 5.75 Å². The fourth-order valence-corrected chi connectivity index (χ4v) is 1.92. The molecule has 114 valence electrons. The summed E-state index contributed by atoms with van der Waals surface area (Å²) in [5.74, 6) is -3.10. The van der Waals surface area contributed by atoms with Gasteiger partial charge in [-0.15, -0.1) is 0 Å². The Morgan fingerprint density at radius 3 is 2.71 bits per heavy atom. The van der Waals surface area contributed by atoms with Crippen molar-refractivity contribution < 1.29 is 28.6 Å². The first-order chi connectivity index (χ1) is 10.0. The zero-order valence-electron chi connectivity index (χ0n) is 11.5. The van der Waals surface area contributed by atoms with E-state index in [1.54, 1.807) is 0 Å². The Hall–Kier alpha value is -2.15. The highest BCUT2D eigenvalue weighted by atomic mass is 19.1. The van der Waals surface area contributed by atoms with Crippen molar-refractivity contribution in [2.45, 2.75) is 6.42 Å². The number of ether oxygens (including phenoxy) is 2. The lowest BCUT2D eigenvalue weighted by molar-refractivity contribution is -0.139. The molecule has 2 rings (SSSR count). The fourth-order valence-electron chi connectivity index (χ4n) is 1.92. The maximum atomic E-state index is 13.7. The van der Waals surface area contributed by atoms with Gasteiger partial charge in [0.05, 0.1) is 18.4 Å². The van der Waals surface area contributed by atoms with E-state index in [2.05, 4.69) is 5.32 Å². The number of hydrogen-bond donors (Lipinski definition) is 2. The van der Waals surface area contributed by atoms with E-state index < -0.39 is 29.5 Å². The van der Waals surface area contributed by atoms with Crippen LogP contribution < -0.4 is 10.1 Å². The Labute approximate surface area is 120 Å². The van der Waals surface area contributed by atoms with Gasteiger partial charge in [0.15, 0.2) is 11.6 Å². The van der Waals surface area contributed by atoms with Crippen LogP contribution in [0.25, 0.3) is 0 Å². The van der Waals surface area contributed by atoms with E-state index in [4.69, 9.17) is 14.6 Å². The van der Waals surface area contributed by atoms with Gasteiger partial charge in [0.2, 0.25) is 5.91 Å². The Morgan fingerprint density at radius 1 is 1.38 bits per heavy atom. The third-order valence-corrected chi connectivity index (χ3v) is 3.19. The van der Waals surface area contributed by atoms with E-state index in [-0.39, 0.29) is 18.0 Å². The number of nitrogens with one attached hydrogen (secondary N) is 1. The number of carboxylic acid groups (broad SMARTS) is 1. The standard InChI is InChI=1S/C14H16FNO5/c1-20-4-5-21-12-3-2-8(6-11(12)15)16-13(17)9-7-10(9)14(18)19/h2-3,6,9-10H,4-5,7H2,1H3,(H,16,17)(H,18,19). The topological polar surface area (TPSA) is 84.9 Å². The van der Waals surface area contributed by atoms with Gasteiger partial charge in [-0.1, -0.05) is 0 Å². The second-order valence-corrected chi connectivity index (χ2v) is 4.76. The highest BCUT2D eigenvalue weighted by molar-refractivity contribution is 5.98. The third-order valence-electron chi connectivity index (χ3n) is 3.19. The van der Waals surface area contributed by atoms with Crippen molar-refractivity contribution in [1.29, 1.82) is 0 Å². The number of amides is 1. The summed E-state index contributed by atoms with van der Waals surface area (Å²) in [5.41, 5.74) is 0.271. The van der Waals surface area contributed by atoms with Crippen LogP contribution in [0.2, 0.25) is 0 Å². The van der Waals surface area contributed by atoms with Gasteiger partial charge >= 0.3 is 5.97 Å². The van der Waals surface area contributed by atoms with E-state index in [0.717, 1.165) is 6.07 Å². The summed E-state index contributed by atoms with van der Waals surface area (Å²) in [7, 11) is 1.51. The summed E-state index contributed by atoms with van der Waals surface area (Å²) in [4.78, 5) is 22.4. The smallest absolute Gasteiger partial charge is 0.307 e. The molecule has 1 saturated carbocycles. The Bertz CT molecular complexity index is 548. The van der Waals surface area contributed by atoms with Crippen molar-refractivity contribution in [2.24, 2.45) is 11.8 Å². The molecule has 1 aromatic carbocycles. The molecular formula is C14H16FNO5. The lowest BCUT2D eigenvalue weighted by Crippen LogP contribution is -2.17. The average molecular weight is 297 g/mol. The number of carbonyl (C=O) groups excluding carboxylic acids is 1. The molecule has 1 amide bonds. The molecule has 1 aliphatic rings. The highest BCUT2D eigenvalue weighted by Crippen LogP contribution is 2.39. The molecule has 2 atom stereocenters. The molecule has 1 aliphatic carbocycles. The van der Waals surface area contributed by atoms with Crippen molar-refractivity contribution in [3.05, 3.63) is 24.0 Å². The van der Waals surface area contributed by atoms with Crippen molar-refractivity contribution in [3.63, 3.8) is 0 Å². The first-order valence-electron chi connectivity index (χ1n) is 6.48. The van der Waals surface area contributed by atoms with Crippen molar-refractivity contribution in [2.75, 3.05) is 25.6 Å². The number of rotatable bonds is 7. The van der Waals surface area contributed by atoms with Gasteiger partial charge in [-0.05, 0) is 18.6 Å². The van der Waals surface area contributed by atoms with E-state index in [1.165, 1.54) is 19.2 Å². The second-order valence-electron chi connectivity index (χ2n) is 4.76. The van der Waals surface area contributed by atoms with E-state index in [9.17, 15) is 14.0 Å². The summed E-state index contributed by atoms with van der Waals surface area (Å²) in [6.07, 6.45) is 0.321. The van der Waals surface area contributed by atoms with E-state index in [1.807, 2.05) is 0 Å². The summed E-state index contributed by atoms with van der Waals surface area (Å²) in [6.45, 7) is 0.567. The Balaban J connectivity index is 1.91. The van der Waals surface area contributed by atoms with Crippen LogP contribution in [0.3, 0.4) is 0 Å². The number of aliphatic carboxylic acids is 1. The zero-order valence-corrected chi connectivity index (χ0v) is 11.5. The molecule has 6 nitrogen and oxygen atoms in total. The number of carbonyl (C=O) groups is 2. The van der Waals surface area contributed by atoms with Gasteiger partial charge in [-0.3, -0.25) is 9.59 Å². The van der Waals surface area contributed by atoms with Crippen LogP contribution in [0, 0.1) is 17.7 Å². The maximum absolute atomic E-state index is 13.7. The number of anilines is 1. The molecule has 0 aliphatic heterocycles. The van der Waals surface area contributed by atoms with Gasteiger partial charge in [-0.2, -0.15) is 0 Å². The molecule has 0 spiro atoms. The van der Waals surface area contributed by atoms with Gasteiger partial charge in [0.1, 0.15) is 6.61 Å². The molecule has 0 heterocycles. The summed E-state index contributed by atoms with van der Waals surface area (Å²) in [5, 5.41) is 11.3. The van der Waals surface area contributed by atoms with Gasteiger partial charge < -0.3 is 19.9 Å². The number of carboxylic acids is 1. The van der Waals surface area contributed by atoms with Crippen LogP contribution in [0.4, 0.5) is 10.1 Å². The molecular weight excluding hydrogens is 281 g/mol. The average Bonchev–Trinajstić information content (AvgIpc) is 3.22. The Kier molecular flexibility index (Phi) is 4.74. The lowest BCUT2D eigenvalue weighted by Gasteiger charge is -2.09. The number of methoxy groups -OCH3 is 1. The van der Waals surface area contributed by atoms with Crippen LogP contribution in [0.15, 0.2) is 18.2 Å². The molecule has 7 heteroatoms. The first kappa shape index (κ1) is 15.2. The molecule has 2 unspecified atom stereocenters. The fraction of sp³-hybridized carbons (Fsp3) is 0.429. The molecule has 1 aromatic rings. The van der Waals surface area contributed by atoms with Gasteiger partial charge in [0.25, 0.3) is 0 Å². The van der Waals surface area contributed by atoms with E-state index >= 15 is 0 Å². The van der Waals surface area contributed by atoms with Gasteiger partial charge in [0, 0.05) is 18.9 Å². The molecule has 0 bridgehead atoms. The minimum Gasteiger partial charge on any atom is -0.488 e. The predicted molar refractivity (Wildman–Crippen MR) is 71.6 cm³/mol. The zero-order chi connectivity index (χ0) is 15.4. The highest BCUT2D eigenvalue weighted by Gasteiger charge is 2.48. The van der Waals surface area contributed by atoms with Crippen LogP contribution >= 0.6 is 0 Å². The van der Waals surface area contributed by atoms with Crippen LogP contribution in [-0.2, 0) is 14.3 Å². The summed E-state index contributed by atoms with van der Waals surface area (Å²) < 4.78 is 23.7. The first-order valence-corrected chi connectivity index (χ1v) is 6.48. The molecule has 0 saturated heterocycles. The third kappa shape index (κ3) is 3.91. The predicted octanol–water partition coefficient (Wildman–Crippen LogP) is 1.51. The number of halogens is 1. The summed E-state index contributed by atoms with van der Waals surface area (Å²) >= 11 is 0. The molecule has 21 heavy (non-hydrogen) atoms. The van der Waals surface area contributed by atoms with E-state index in [0.29, 0.717) is 13.0 Å². The number of hydrogen-bond acceptors (Lipinski definition) is 4. The minimum atomic E-state index is -0.983. The van der Waals surface area contributed by atoms with Crippen LogP contribution in [0.5, 0.6) is 5.75 Å². The lowest BCUT2D eigenvalue weighted by atomic mass is 10.2. The maximum Gasteiger partial charge on any atom is 0.307 e. The van der Waals surface area contributed by atoms with Crippen LogP contribution in [0.1, 0.15) is 6.42 Å². The minimum absolute atomic E-state index is 0.0693. The Morgan fingerprint density at radius 2 is 2.14 bits per heavy atom. The molecule has 2 N–H and O–H groups in total. The van der Waals surface area contributed by atoms with Gasteiger partial charge in [-0.25, -0.2) is 4.39 Å². The number of benzene rings is 1.